The van der Waals surface area contributed by atoms with Crippen LogP contribution in [0.5, 0.6) is 0 Å². The Hall–Kier alpha value is -1.42. The summed E-state index contributed by atoms with van der Waals surface area (Å²) >= 11 is 1.60. The van der Waals surface area contributed by atoms with E-state index in [9.17, 15) is 0 Å². The van der Waals surface area contributed by atoms with Crippen molar-refractivity contribution in [2.24, 2.45) is 0 Å². The number of hydrogen-bond acceptors (Lipinski definition) is 4. The maximum absolute atomic E-state index is 5.74. The predicted molar refractivity (Wildman–Crippen MR) is 62.9 cm³/mol. The molecule has 1 aromatic carbocycles. The summed E-state index contributed by atoms with van der Waals surface area (Å²) in [4.78, 5) is 0. The molecule has 0 aliphatic rings. The third-order valence-corrected chi connectivity index (χ3v) is 3.09. The molecular formula is C11H13N3S. The highest BCUT2D eigenvalue weighted by Gasteiger charge is 2.08. The van der Waals surface area contributed by atoms with Crippen molar-refractivity contribution in [3.8, 4) is 0 Å². The van der Waals surface area contributed by atoms with Gasteiger partial charge in [-0.15, -0.1) is 21.5 Å². The summed E-state index contributed by atoms with van der Waals surface area (Å²) in [5, 5.41) is 8.95. The summed E-state index contributed by atoms with van der Waals surface area (Å²) in [7, 11) is 0. The molecule has 2 rings (SSSR count). The first-order valence-corrected chi connectivity index (χ1v) is 5.74. The normalized spacial score (nSPS) is 12.6. The standard InChI is InChI=1S/C11H13N3S/c1-8(5-11-14-13-7-15-11)9-3-2-4-10(12)6-9/h2-4,6-8H,5,12H2,1H3. The van der Waals surface area contributed by atoms with Gasteiger partial charge in [0, 0.05) is 12.1 Å². The second-order valence-corrected chi connectivity index (χ2v) is 4.53. The molecule has 0 amide bonds. The molecule has 1 unspecified atom stereocenters. The third-order valence-electron chi connectivity index (χ3n) is 2.37. The van der Waals surface area contributed by atoms with E-state index in [1.54, 1.807) is 16.8 Å². The van der Waals surface area contributed by atoms with Gasteiger partial charge in [0.15, 0.2) is 0 Å². The maximum Gasteiger partial charge on any atom is 0.117 e. The lowest BCUT2D eigenvalue weighted by Gasteiger charge is -2.10. The molecule has 0 radical (unpaired) electrons. The summed E-state index contributed by atoms with van der Waals surface area (Å²) < 4.78 is 0. The van der Waals surface area contributed by atoms with Gasteiger partial charge < -0.3 is 5.73 Å². The van der Waals surface area contributed by atoms with E-state index >= 15 is 0 Å². The van der Waals surface area contributed by atoms with Crippen molar-refractivity contribution in [1.29, 1.82) is 0 Å². The Morgan fingerprint density at radius 2 is 2.33 bits per heavy atom. The van der Waals surface area contributed by atoms with Crippen LogP contribution in [0.4, 0.5) is 5.69 Å². The molecule has 4 heteroatoms. The fraction of sp³-hybridized carbons (Fsp3) is 0.273. The van der Waals surface area contributed by atoms with Gasteiger partial charge in [-0.25, -0.2) is 0 Å². The first-order valence-electron chi connectivity index (χ1n) is 4.86. The lowest BCUT2D eigenvalue weighted by atomic mass is 9.98. The second-order valence-electron chi connectivity index (χ2n) is 3.61. The molecule has 0 spiro atoms. The molecule has 0 aliphatic carbocycles. The molecule has 1 aromatic heterocycles. The highest BCUT2D eigenvalue weighted by Crippen LogP contribution is 2.22. The summed E-state index contributed by atoms with van der Waals surface area (Å²) in [6, 6.07) is 8.01. The third kappa shape index (κ3) is 2.53. The average Bonchev–Trinajstić information content (AvgIpc) is 2.70. The van der Waals surface area contributed by atoms with Crippen molar-refractivity contribution in [2.75, 3.05) is 5.73 Å². The van der Waals surface area contributed by atoms with Crippen molar-refractivity contribution < 1.29 is 0 Å². The molecule has 0 bridgehead atoms. The van der Waals surface area contributed by atoms with E-state index in [0.717, 1.165) is 17.1 Å². The zero-order valence-corrected chi connectivity index (χ0v) is 9.37. The van der Waals surface area contributed by atoms with Crippen LogP contribution >= 0.6 is 11.3 Å². The number of nitrogens with zero attached hydrogens (tertiary/aromatic N) is 2. The van der Waals surface area contributed by atoms with Crippen LogP contribution in [0.2, 0.25) is 0 Å². The van der Waals surface area contributed by atoms with Crippen LogP contribution in [0.15, 0.2) is 29.8 Å². The van der Waals surface area contributed by atoms with Crippen LogP contribution in [-0.2, 0) is 6.42 Å². The zero-order chi connectivity index (χ0) is 10.7. The number of rotatable bonds is 3. The van der Waals surface area contributed by atoms with Crippen molar-refractivity contribution in [1.82, 2.24) is 10.2 Å². The minimum atomic E-state index is 0.432. The average molecular weight is 219 g/mol. The molecule has 0 saturated heterocycles. The van der Waals surface area contributed by atoms with E-state index in [4.69, 9.17) is 5.73 Å². The van der Waals surface area contributed by atoms with Crippen LogP contribution in [0.25, 0.3) is 0 Å². The zero-order valence-electron chi connectivity index (χ0n) is 8.55. The van der Waals surface area contributed by atoms with E-state index in [0.29, 0.717) is 5.92 Å². The predicted octanol–water partition coefficient (Wildman–Crippen LogP) is 2.47. The molecule has 15 heavy (non-hydrogen) atoms. The smallest absolute Gasteiger partial charge is 0.117 e. The van der Waals surface area contributed by atoms with E-state index in [1.165, 1.54) is 5.56 Å². The number of aromatic nitrogens is 2. The molecule has 2 aromatic rings. The largest absolute Gasteiger partial charge is 0.399 e. The van der Waals surface area contributed by atoms with Gasteiger partial charge >= 0.3 is 0 Å². The van der Waals surface area contributed by atoms with Crippen LogP contribution in [0.1, 0.15) is 23.4 Å². The van der Waals surface area contributed by atoms with E-state index in [1.807, 2.05) is 18.2 Å². The lowest BCUT2D eigenvalue weighted by Crippen LogP contribution is -1.99. The number of nitrogens with two attached hydrogens (primary N) is 1. The fourth-order valence-corrected chi connectivity index (χ4v) is 2.19. The molecule has 3 nitrogen and oxygen atoms in total. The first kappa shape index (κ1) is 10.1. The summed E-state index contributed by atoms with van der Waals surface area (Å²) in [6.07, 6.45) is 0.925. The molecule has 1 heterocycles. The summed E-state index contributed by atoms with van der Waals surface area (Å²) in [6.45, 7) is 2.18. The molecule has 0 saturated carbocycles. The van der Waals surface area contributed by atoms with Crippen LogP contribution < -0.4 is 5.73 Å². The van der Waals surface area contributed by atoms with Crippen molar-refractivity contribution >= 4 is 17.0 Å². The van der Waals surface area contributed by atoms with Gasteiger partial charge in [-0.05, 0) is 23.6 Å². The van der Waals surface area contributed by atoms with Crippen molar-refractivity contribution in [2.45, 2.75) is 19.3 Å². The van der Waals surface area contributed by atoms with Gasteiger partial charge in [0.05, 0.1) is 0 Å². The quantitative estimate of drug-likeness (QED) is 0.807. The maximum atomic E-state index is 5.74. The van der Waals surface area contributed by atoms with E-state index in [2.05, 4.69) is 23.2 Å². The van der Waals surface area contributed by atoms with Crippen LogP contribution in [-0.4, -0.2) is 10.2 Å². The highest BCUT2D eigenvalue weighted by atomic mass is 32.1. The van der Waals surface area contributed by atoms with Gasteiger partial charge in [0.1, 0.15) is 10.5 Å². The molecular weight excluding hydrogens is 206 g/mol. The Morgan fingerprint density at radius 3 is 3.00 bits per heavy atom. The fourth-order valence-electron chi connectivity index (χ4n) is 1.53. The second kappa shape index (κ2) is 4.40. The Bertz CT molecular complexity index is 425. The Morgan fingerprint density at radius 1 is 1.47 bits per heavy atom. The van der Waals surface area contributed by atoms with Crippen molar-refractivity contribution in [3.05, 3.63) is 40.3 Å². The summed E-state index contributed by atoms with van der Waals surface area (Å²) in [5.41, 5.74) is 9.58. The Kier molecular flexibility index (Phi) is 2.97. The minimum absolute atomic E-state index is 0.432. The molecule has 0 fully saturated rings. The van der Waals surface area contributed by atoms with Crippen LogP contribution in [0, 0.1) is 0 Å². The van der Waals surface area contributed by atoms with Gasteiger partial charge in [-0.3, -0.25) is 0 Å². The molecule has 0 aliphatic heterocycles. The first-order chi connectivity index (χ1) is 7.25. The number of nitrogen functional groups attached to an aromatic ring is 1. The van der Waals surface area contributed by atoms with Crippen molar-refractivity contribution in [3.63, 3.8) is 0 Å². The number of hydrogen-bond donors (Lipinski definition) is 1. The SMILES string of the molecule is CC(Cc1nncs1)c1cccc(N)c1. The van der Waals surface area contributed by atoms with E-state index < -0.39 is 0 Å². The van der Waals surface area contributed by atoms with Gasteiger partial charge in [0.25, 0.3) is 0 Å². The highest BCUT2D eigenvalue weighted by molar-refractivity contribution is 7.09. The van der Waals surface area contributed by atoms with Gasteiger partial charge in [0.2, 0.25) is 0 Å². The molecule has 2 N–H and O–H groups in total. The monoisotopic (exact) mass is 219 g/mol. The van der Waals surface area contributed by atoms with Crippen LogP contribution in [0.3, 0.4) is 0 Å². The van der Waals surface area contributed by atoms with E-state index in [-0.39, 0.29) is 0 Å². The number of anilines is 1. The molecule has 1 atom stereocenters. The Labute approximate surface area is 93.0 Å². The van der Waals surface area contributed by atoms with Gasteiger partial charge in [-0.2, -0.15) is 0 Å². The number of benzene rings is 1. The summed E-state index contributed by atoms with van der Waals surface area (Å²) in [5.74, 6) is 0.432. The Balaban J connectivity index is 2.11. The topological polar surface area (TPSA) is 51.8 Å². The van der Waals surface area contributed by atoms with Gasteiger partial charge in [-0.1, -0.05) is 19.1 Å². The molecule has 78 valence electrons. The lowest BCUT2D eigenvalue weighted by molar-refractivity contribution is 0.745. The minimum Gasteiger partial charge on any atom is -0.399 e.